The van der Waals surface area contributed by atoms with Gasteiger partial charge in [0.25, 0.3) is 5.91 Å². The Kier molecular flexibility index (Phi) is 3.42. The van der Waals surface area contributed by atoms with E-state index in [1.54, 1.807) is 19.2 Å². The van der Waals surface area contributed by atoms with E-state index in [1.807, 2.05) is 0 Å². The van der Waals surface area contributed by atoms with Crippen molar-refractivity contribution in [2.45, 2.75) is 13.0 Å². The molecule has 0 saturated heterocycles. The number of carbonyl (C=O) groups is 1. The smallest absolute Gasteiger partial charge is 0.255 e. The Morgan fingerprint density at radius 1 is 1.38 bits per heavy atom. The minimum atomic E-state index is -0.440. The maximum absolute atomic E-state index is 11.9. The van der Waals surface area contributed by atoms with Gasteiger partial charge in [-0.15, -0.1) is 0 Å². The summed E-state index contributed by atoms with van der Waals surface area (Å²) in [7, 11) is 0. The van der Waals surface area contributed by atoms with Crippen LogP contribution >= 0.6 is 0 Å². The van der Waals surface area contributed by atoms with Crippen molar-refractivity contribution in [3.63, 3.8) is 0 Å². The Balaban J connectivity index is 1.73. The Labute approximate surface area is 119 Å². The quantitative estimate of drug-likeness (QED) is 0.775. The first-order valence-corrected chi connectivity index (χ1v) is 6.17. The second-order valence-corrected chi connectivity index (χ2v) is 4.25. The molecule has 0 saturated carbocycles. The highest BCUT2D eigenvalue weighted by molar-refractivity contribution is 5.93. The number of nitrogens with zero attached hydrogens (tertiary/aromatic N) is 4. The zero-order valence-corrected chi connectivity index (χ0v) is 11.1. The van der Waals surface area contributed by atoms with Crippen molar-refractivity contribution in [3.8, 4) is 11.5 Å². The fourth-order valence-corrected chi connectivity index (χ4v) is 1.67. The fourth-order valence-electron chi connectivity index (χ4n) is 1.67. The molecule has 106 valence electrons. The van der Waals surface area contributed by atoms with Crippen LogP contribution in [0.15, 0.2) is 46.1 Å². The summed E-state index contributed by atoms with van der Waals surface area (Å²) < 4.78 is 9.99. The van der Waals surface area contributed by atoms with Gasteiger partial charge in [-0.25, -0.2) is 4.98 Å². The summed E-state index contributed by atoms with van der Waals surface area (Å²) in [5.41, 5.74) is 0.927. The summed E-state index contributed by atoms with van der Waals surface area (Å²) in [6, 6.07) is 1.13. The van der Waals surface area contributed by atoms with Crippen molar-refractivity contribution >= 4 is 5.91 Å². The van der Waals surface area contributed by atoms with Crippen molar-refractivity contribution in [1.29, 1.82) is 0 Å². The fraction of sp³-hybridized carbons (Fsp3) is 0.154. The SMILES string of the molecule is C[C@@H](NC(=O)c1ccoc1)c1nc(-c2cnccn2)no1. The molecular formula is C13H11N5O3. The van der Waals surface area contributed by atoms with E-state index < -0.39 is 6.04 Å². The van der Waals surface area contributed by atoms with Crippen LogP contribution in [0, 0.1) is 0 Å². The third-order valence-corrected chi connectivity index (χ3v) is 2.74. The average molecular weight is 285 g/mol. The Hall–Kier alpha value is -3.03. The van der Waals surface area contributed by atoms with Crippen LogP contribution < -0.4 is 5.32 Å². The maximum atomic E-state index is 11.9. The second kappa shape index (κ2) is 5.53. The van der Waals surface area contributed by atoms with E-state index in [4.69, 9.17) is 8.94 Å². The molecule has 0 unspecified atom stereocenters. The van der Waals surface area contributed by atoms with Gasteiger partial charge < -0.3 is 14.3 Å². The van der Waals surface area contributed by atoms with E-state index in [-0.39, 0.29) is 11.8 Å². The van der Waals surface area contributed by atoms with Gasteiger partial charge in [0.2, 0.25) is 11.7 Å². The van der Waals surface area contributed by atoms with Crippen LogP contribution in [0.5, 0.6) is 0 Å². The van der Waals surface area contributed by atoms with E-state index in [1.165, 1.54) is 24.9 Å². The Morgan fingerprint density at radius 2 is 2.29 bits per heavy atom. The van der Waals surface area contributed by atoms with Gasteiger partial charge in [0, 0.05) is 12.4 Å². The molecule has 1 atom stereocenters. The molecule has 0 aromatic carbocycles. The zero-order valence-electron chi connectivity index (χ0n) is 11.1. The minimum Gasteiger partial charge on any atom is -0.472 e. The second-order valence-electron chi connectivity index (χ2n) is 4.25. The van der Waals surface area contributed by atoms with E-state index in [9.17, 15) is 4.79 Å². The highest BCUT2D eigenvalue weighted by Gasteiger charge is 2.19. The van der Waals surface area contributed by atoms with Crippen LogP contribution in [0.25, 0.3) is 11.5 Å². The molecule has 0 aliphatic rings. The molecule has 8 nitrogen and oxygen atoms in total. The molecule has 0 aliphatic heterocycles. The molecule has 0 bridgehead atoms. The van der Waals surface area contributed by atoms with E-state index >= 15 is 0 Å². The third-order valence-electron chi connectivity index (χ3n) is 2.74. The molecule has 21 heavy (non-hydrogen) atoms. The maximum Gasteiger partial charge on any atom is 0.255 e. The largest absolute Gasteiger partial charge is 0.472 e. The molecule has 0 aliphatic carbocycles. The van der Waals surface area contributed by atoms with Crippen LogP contribution in [0.3, 0.4) is 0 Å². The monoisotopic (exact) mass is 285 g/mol. The van der Waals surface area contributed by atoms with Crippen LogP contribution in [0.1, 0.15) is 29.2 Å². The van der Waals surface area contributed by atoms with Crippen molar-refractivity contribution < 1.29 is 13.7 Å². The number of nitrogens with one attached hydrogen (secondary N) is 1. The molecular weight excluding hydrogens is 274 g/mol. The summed E-state index contributed by atoms with van der Waals surface area (Å²) >= 11 is 0. The van der Waals surface area contributed by atoms with Gasteiger partial charge in [0.1, 0.15) is 18.0 Å². The number of rotatable bonds is 4. The summed E-state index contributed by atoms with van der Waals surface area (Å²) in [5, 5.41) is 6.55. The summed E-state index contributed by atoms with van der Waals surface area (Å²) in [6.45, 7) is 1.74. The molecule has 3 rings (SSSR count). The first-order valence-electron chi connectivity index (χ1n) is 6.17. The van der Waals surface area contributed by atoms with E-state index in [0.717, 1.165) is 0 Å². The number of aromatic nitrogens is 4. The first-order chi connectivity index (χ1) is 10.2. The Bertz CT molecular complexity index is 723. The summed E-state index contributed by atoms with van der Waals surface area (Å²) in [4.78, 5) is 24.1. The van der Waals surface area contributed by atoms with Gasteiger partial charge in [0.15, 0.2) is 0 Å². The number of amides is 1. The summed E-state index contributed by atoms with van der Waals surface area (Å²) in [6.07, 6.45) is 7.41. The van der Waals surface area contributed by atoms with Crippen LogP contribution in [0.2, 0.25) is 0 Å². The zero-order chi connectivity index (χ0) is 14.7. The average Bonchev–Trinajstić information content (AvgIpc) is 3.20. The molecule has 0 radical (unpaired) electrons. The lowest BCUT2D eigenvalue weighted by atomic mass is 10.2. The molecule has 3 aromatic heterocycles. The molecule has 3 heterocycles. The van der Waals surface area contributed by atoms with E-state index in [0.29, 0.717) is 17.1 Å². The number of hydrogen-bond donors (Lipinski definition) is 1. The molecule has 0 fully saturated rings. The highest BCUT2D eigenvalue weighted by Crippen LogP contribution is 2.16. The van der Waals surface area contributed by atoms with E-state index in [2.05, 4.69) is 25.4 Å². The number of carbonyl (C=O) groups excluding carboxylic acids is 1. The minimum absolute atomic E-state index is 0.282. The van der Waals surface area contributed by atoms with Crippen LogP contribution in [-0.2, 0) is 0 Å². The highest BCUT2D eigenvalue weighted by atomic mass is 16.5. The van der Waals surface area contributed by atoms with Gasteiger partial charge in [-0.2, -0.15) is 4.98 Å². The molecule has 1 N–H and O–H groups in total. The van der Waals surface area contributed by atoms with Gasteiger partial charge in [-0.1, -0.05) is 5.16 Å². The van der Waals surface area contributed by atoms with Gasteiger partial charge in [-0.3, -0.25) is 9.78 Å². The van der Waals surface area contributed by atoms with Crippen molar-refractivity contribution in [1.82, 2.24) is 25.4 Å². The lowest BCUT2D eigenvalue weighted by molar-refractivity contribution is 0.0932. The normalized spacial score (nSPS) is 12.0. The van der Waals surface area contributed by atoms with Gasteiger partial charge in [0.05, 0.1) is 18.0 Å². The molecule has 3 aromatic rings. The number of hydrogen-bond acceptors (Lipinski definition) is 7. The lowest BCUT2D eigenvalue weighted by Crippen LogP contribution is -2.26. The van der Waals surface area contributed by atoms with Crippen molar-refractivity contribution in [3.05, 3.63) is 48.6 Å². The number of furan rings is 1. The van der Waals surface area contributed by atoms with Crippen molar-refractivity contribution in [2.24, 2.45) is 0 Å². The topological polar surface area (TPSA) is 107 Å². The summed E-state index contributed by atoms with van der Waals surface area (Å²) in [5.74, 6) is 0.325. The standard InChI is InChI=1S/C13H11N5O3/c1-8(16-12(19)9-2-5-20-7-9)13-17-11(18-21-13)10-6-14-3-4-15-10/h2-8H,1H3,(H,16,19)/t8-/m1/s1. The predicted molar refractivity (Wildman–Crippen MR) is 69.9 cm³/mol. The molecule has 1 amide bonds. The van der Waals surface area contributed by atoms with Gasteiger partial charge in [-0.05, 0) is 13.0 Å². The lowest BCUT2D eigenvalue weighted by Gasteiger charge is -2.07. The first kappa shape index (κ1) is 13.0. The van der Waals surface area contributed by atoms with Crippen LogP contribution in [0.4, 0.5) is 0 Å². The van der Waals surface area contributed by atoms with Crippen molar-refractivity contribution in [2.75, 3.05) is 0 Å². The molecule has 0 spiro atoms. The van der Waals surface area contributed by atoms with Crippen LogP contribution in [-0.4, -0.2) is 26.0 Å². The predicted octanol–water partition coefficient (Wildman–Crippen LogP) is 1.61. The third kappa shape index (κ3) is 2.78. The Morgan fingerprint density at radius 3 is 3.00 bits per heavy atom. The van der Waals surface area contributed by atoms with Gasteiger partial charge >= 0.3 is 0 Å². The molecule has 8 heteroatoms.